The molecule has 5 rings (SSSR count). The van der Waals surface area contributed by atoms with Crippen LogP contribution in [0.25, 0.3) is 0 Å². The van der Waals surface area contributed by atoms with Crippen molar-refractivity contribution < 1.29 is 81.7 Å². The Hall–Kier alpha value is -1.90. The Kier molecular flexibility index (Phi) is 4.32. The number of carbonyl (C=O) groups excluding carboxylic acids is 1. The van der Waals surface area contributed by atoms with Crippen LogP contribution in [-0.2, 0) is 10.3 Å². The summed E-state index contributed by atoms with van der Waals surface area (Å²) < 4.78 is 25.3. The summed E-state index contributed by atoms with van der Waals surface area (Å²) in [5, 5.41) is 19.6. The van der Waals surface area contributed by atoms with Crippen molar-refractivity contribution in [2.24, 2.45) is 0 Å². The first-order valence-corrected chi connectivity index (χ1v) is 7.87. The zero-order chi connectivity index (χ0) is 18.1. The molecular formula is C20H12FKO5. The summed E-state index contributed by atoms with van der Waals surface area (Å²) in [6, 6.07) is 12.8. The molecule has 0 fully saturated rings. The molecule has 2 heterocycles. The maximum atomic E-state index is 13.7. The number of fused-ring (bicyclic) bond motifs is 6. The number of hydrogen-bond donors (Lipinski definition) is 2. The molecule has 0 bridgehead atoms. The van der Waals surface area contributed by atoms with Crippen molar-refractivity contribution in [1.82, 2.24) is 0 Å². The molecule has 3 aromatic carbocycles. The Bertz CT molecular complexity index is 1070. The second-order valence-electron chi connectivity index (χ2n) is 6.22. The molecule has 5 nitrogen and oxygen atoms in total. The second kappa shape index (κ2) is 6.32. The minimum atomic E-state index is -1.34. The van der Waals surface area contributed by atoms with Gasteiger partial charge in [0, 0.05) is 28.8 Å². The van der Waals surface area contributed by atoms with E-state index in [0.29, 0.717) is 16.7 Å². The Morgan fingerprint density at radius 1 is 0.852 bits per heavy atom. The molecule has 0 amide bonds. The average molecular weight is 390 g/mol. The first-order valence-electron chi connectivity index (χ1n) is 7.87. The van der Waals surface area contributed by atoms with Gasteiger partial charge in [0.2, 0.25) is 0 Å². The third-order valence-corrected chi connectivity index (χ3v) is 4.74. The number of carbonyl (C=O) groups is 1. The first-order chi connectivity index (χ1) is 12.5. The number of benzene rings is 3. The van der Waals surface area contributed by atoms with Gasteiger partial charge in [0.1, 0.15) is 28.8 Å². The smallest absolute Gasteiger partial charge is 1.00 e. The van der Waals surface area contributed by atoms with E-state index in [2.05, 4.69) is 0 Å². The van der Waals surface area contributed by atoms with E-state index in [0.717, 1.165) is 6.07 Å². The van der Waals surface area contributed by atoms with Crippen LogP contribution < -0.4 is 56.1 Å². The van der Waals surface area contributed by atoms with Crippen molar-refractivity contribution in [2.45, 2.75) is 5.60 Å². The van der Waals surface area contributed by atoms with Crippen LogP contribution in [0.2, 0.25) is 0 Å². The Morgan fingerprint density at radius 3 is 2.00 bits per heavy atom. The molecule has 1 spiro atoms. The van der Waals surface area contributed by atoms with Gasteiger partial charge in [-0.25, -0.2) is 9.18 Å². The second-order valence-corrected chi connectivity index (χ2v) is 6.22. The fourth-order valence-corrected chi connectivity index (χ4v) is 3.68. The van der Waals surface area contributed by atoms with E-state index in [1.807, 2.05) is 0 Å². The molecule has 0 atom stereocenters. The molecule has 7 heteroatoms. The van der Waals surface area contributed by atoms with E-state index in [4.69, 9.17) is 9.47 Å². The van der Waals surface area contributed by atoms with Crippen LogP contribution in [0.4, 0.5) is 4.39 Å². The minimum absolute atomic E-state index is 0. The standard InChI is InChI=1S/C20H11FO5.K.H/c21-10-1-4-14-13(7-10)19(24)26-20(14)15-5-2-11(22)8-17(15)25-18-9-12(23)3-6-16(18)20;;/h1-9,22-23H;;/q;+1;-1. The Balaban J connectivity index is 0.00000112. The van der Waals surface area contributed by atoms with E-state index in [9.17, 15) is 19.4 Å². The van der Waals surface area contributed by atoms with Gasteiger partial charge in [0.05, 0.1) is 5.56 Å². The van der Waals surface area contributed by atoms with Gasteiger partial charge in [-0.2, -0.15) is 0 Å². The normalized spacial score (nSPS) is 15.1. The number of phenols is 2. The largest absolute Gasteiger partial charge is 1.00 e. The van der Waals surface area contributed by atoms with Gasteiger partial charge < -0.3 is 21.1 Å². The van der Waals surface area contributed by atoms with Gasteiger partial charge in [-0.1, -0.05) is 6.07 Å². The minimum Gasteiger partial charge on any atom is -1.00 e. The molecule has 0 aliphatic carbocycles. The Labute approximate surface area is 197 Å². The quantitative estimate of drug-likeness (QED) is 0.441. The summed E-state index contributed by atoms with van der Waals surface area (Å²) in [6.45, 7) is 0. The predicted molar refractivity (Wildman–Crippen MR) is 89.1 cm³/mol. The van der Waals surface area contributed by atoms with Crippen LogP contribution in [0, 0.1) is 5.82 Å². The van der Waals surface area contributed by atoms with Gasteiger partial charge in [-0.3, -0.25) is 0 Å². The van der Waals surface area contributed by atoms with Crippen LogP contribution in [0.3, 0.4) is 0 Å². The topological polar surface area (TPSA) is 76.0 Å². The zero-order valence-corrected chi connectivity index (χ0v) is 17.3. The van der Waals surface area contributed by atoms with E-state index < -0.39 is 17.4 Å². The zero-order valence-electron chi connectivity index (χ0n) is 15.2. The van der Waals surface area contributed by atoms with Gasteiger partial charge in [0.15, 0.2) is 5.60 Å². The van der Waals surface area contributed by atoms with Crippen LogP contribution in [0.15, 0.2) is 54.6 Å². The third kappa shape index (κ3) is 2.54. The molecule has 27 heavy (non-hydrogen) atoms. The van der Waals surface area contributed by atoms with Crippen LogP contribution in [-0.4, -0.2) is 16.2 Å². The van der Waals surface area contributed by atoms with Crippen molar-refractivity contribution in [1.29, 1.82) is 0 Å². The van der Waals surface area contributed by atoms with Gasteiger partial charge in [-0.15, -0.1) is 0 Å². The predicted octanol–water partition coefficient (Wildman–Crippen LogP) is 0.921. The SMILES string of the molecule is O=C1OC2(c3ccc(O)cc3Oc3cc(O)ccc32)c2ccc(F)cc21.[H-].[K+]. The van der Waals surface area contributed by atoms with Crippen molar-refractivity contribution in [3.05, 3.63) is 82.7 Å². The molecule has 2 aliphatic rings. The summed E-state index contributed by atoms with van der Waals surface area (Å²) >= 11 is 0. The van der Waals surface area contributed by atoms with E-state index in [1.165, 1.54) is 36.4 Å². The summed E-state index contributed by atoms with van der Waals surface area (Å²) in [7, 11) is 0. The van der Waals surface area contributed by atoms with Gasteiger partial charge in [-0.05, 0) is 36.4 Å². The molecule has 0 radical (unpaired) electrons. The fraction of sp³-hybridized carbons (Fsp3) is 0.0500. The maximum Gasteiger partial charge on any atom is 1.00 e. The van der Waals surface area contributed by atoms with Gasteiger partial charge in [0.25, 0.3) is 0 Å². The summed E-state index contributed by atoms with van der Waals surface area (Å²) in [6.07, 6.45) is 0. The number of phenolic OH excluding ortho intramolecular Hbond substituents is 2. The van der Waals surface area contributed by atoms with Gasteiger partial charge >= 0.3 is 57.4 Å². The number of ether oxygens (including phenoxy) is 2. The van der Waals surface area contributed by atoms with Crippen LogP contribution in [0.5, 0.6) is 23.0 Å². The number of hydrogen-bond acceptors (Lipinski definition) is 5. The molecule has 2 aliphatic heterocycles. The number of esters is 1. The Morgan fingerprint density at radius 2 is 1.41 bits per heavy atom. The molecule has 130 valence electrons. The maximum absolute atomic E-state index is 13.7. The van der Waals surface area contributed by atoms with Crippen molar-refractivity contribution in [2.75, 3.05) is 0 Å². The molecule has 0 saturated carbocycles. The summed E-state index contributed by atoms with van der Waals surface area (Å²) in [5.74, 6) is -0.667. The van der Waals surface area contributed by atoms with Crippen molar-refractivity contribution in [3.63, 3.8) is 0 Å². The molecule has 0 aromatic heterocycles. The summed E-state index contributed by atoms with van der Waals surface area (Å²) in [4.78, 5) is 12.5. The molecule has 0 saturated heterocycles. The molecular weight excluding hydrogens is 378 g/mol. The number of aromatic hydroxyl groups is 2. The van der Waals surface area contributed by atoms with Crippen LogP contribution in [0.1, 0.15) is 28.5 Å². The average Bonchev–Trinajstić information content (AvgIpc) is 2.87. The van der Waals surface area contributed by atoms with E-state index >= 15 is 0 Å². The summed E-state index contributed by atoms with van der Waals surface area (Å²) in [5.41, 5.74) is 0.278. The fourth-order valence-electron chi connectivity index (χ4n) is 3.68. The molecule has 2 N–H and O–H groups in total. The molecule has 3 aromatic rings. The van der Waals surface area contributed by atoms with Crippen molar-refractivity contribution >= 4 is 5.97 Å². The van der Waals surface area contributed by atoms with E-state index in [1.54, 1.807) is 12.1 Å². The van der Waals surface area contributed by atoms with Crippen molar-refractivity contribution in [3.8, 4) is 23.0 Å². The van der Waals surface area contributed by atoms with E-state index in [-0.39, 0.29) is 81.4 Å². The third-order valence-electron chi connectivity index (χ3n) is 4.74. The number of halogens is 1. The monoisotopic (exact) mass is 390 g/mol. The first kappa shape index (κ1) is 18.5. The van der Waals surface area contributed by atoms with Crippen LogP contribution >= 0.6 is 0 Å². The number of rotatable bonds is 0. The molecule has 0 unspecified atom stereocenters.